The zero-order valence-electron chi connectivity index (χ0n) is 16.3. The van der Waals surface area contributed by atoms with Gasteiger partial charge in [0, 0.05) is 11.2 Å². The number of nitrogens with zero attached hydrogens (tertiary/aromatic N) is 6. The molecule has 0 radical (unpaired) electrons. The van der Waals surface area contributed by atoms with E-state index in [0.29, 0.717) is 28.7 Å². The summed E-state index contributed by atoms with van der Waals surface area (Å²) in [4.78, 5) is 15.3. The number of aromatic hydroxyl groups is 1. The monoisotopic (exact) mass is 428 g/mol. The molecule has 3 heterocycles. The molecule has 7 nitrogen and oxygen atoms in total. The summed E-state index contributed by atoms with van der Waals surface area (Å²) in [6.07, 6.45) is 4.95. The van der Waals surface area contributed by atoms with Crippen molar-refractivity contribution in [1.82, 2.24) is 24.7 Å². The Morgan fingerprint density at radius 1 is 0.935 bits per heavy atom. The molecule has 31 heavy (non-hydrogen) atoms. The first-order chi connectivity index (χ1) is 15.2. The SMILES string of the molecule is Oc1ccccc1N(Cc1ccccn1)c1ncnc2c1cnn2-c1cccc(Cl)c1. The summed E-state index contributed by atoms with van der Waals surface area (Å²) in [7, 11) is 0. The van der Waals surface area contributed by atoms with E-state index >= 15 is 0 Å². The Bertz CT molecular complexity index is 1350. The number of para-hydroxylation sites is 2. The highest BCUT2D eigenvalue weighted by Crippen LogP contribution is 2.36. The largest absolute Gasteiger partial charge is 0.506 e. The number of anilines is 2. The van der Waals surface area contributed by atoms with Crippen molar-refractivity contribution in [3.63, 3.8) is 0 Å². The molecule has 5 rings (SSSR count). The van der Waals surface area contributed by atoms with Gasteiger partial charge >= 0.3 is 0 Å². The lowest BCUT2D eigenvalue weighted by atomic mass is 10.2. The van der Waals surface area contributed by atoms with Crippen LogP contribution in [0, 0.1) is 0 Å². The Morgan fingerprint density at radius 2 is 1.81 bits per heavy atom. The Balaban J connectivity index is 1.67. The number of phenols is 1. The second-order valence-corrected chi connectivity index (χ2v) is 7.30. The van der Waals surface area contributed by atoms with Crippen molar-refractivity contribution in [2.24, 2.45) is 0 Å². The van der Waals surface area contributed by atoms with Crippen molar-refractivity contribution in [2.45, 2.75) is 6.54 Å². The van der Waals surface area contributed by atoms with Crippen LogP contribution in [-0.2, 0) is 6.54 Å². The summed E-state index contributed by atoms with van der Waals surface area (Å²) in [5.41, 5.74) is 2.88. The van der Waals surface area contributed by atoms with E-state index in [2.05, 4.69) is 20.1 Å². The summed E-state index contributed by atoms with van der Waals surface area (Å²) in [6.45, 7) is 0.410. The number of phenolic OH excluding ortho intramolecular Hbond substituents is 1. The van der Waals surface area contributed by atoms with Gasteiger partial charge in [-0.15, -0.1) is 0 Å². The highest BCUT2D eigenvalue weighted by molar-refractivity contribution is 6.30. The van der Waals surface area contributed by atoms with Crippen LogP contribution in [0.3, 0.4) is 0 Å². The van der Waals surface area contributed by atoms with Crippen molar-refractivity contribution in [2.75, 3.05) is 4.90 Å². The summed E-state index contributed by atoms with van der Waals surface area (Å²) in [5.74, 6) is 0.762. The van der Waals surface area contributed by atoms with Gasteiger partial charge in [0.25, 0.3) is 0 Å². The smallest absolute Gasteiger partial charge is 0.168 e. The van der Waals surface area contributed by atoms with E-state index in [0.717, 1.165) is 16.8 Å². The van der Waals surface area contributed by atoms with Gasteiger partial charge in [-0.25, -0.2) is 14.6 Å². The molecule has 1 N–H and O–H groups in total. The third kappa shape index (κ3) is 3.67. The van der Waals surface area contributed by atoms with Gasteiger partial charge in [-0.3, -0.25) is 4.98 Å². The van der Waals surface area contributed by atoms with E-state index < -0.39 is 0 Å². The Kier molecular flexibility index (Phi) is 4.93. The van der Waals surface area contributed by atoms with Crippen molar-refractivity contribution >= 4 is 34.1 Å². The quantitative estimate of drug-likeness (QED) is 0.428. The molecule has 3 aromatic heterocycles. The lowest BCUT2D eigenvalue weighted by Crippen LogP contribution is -2.19. The van der Waals surface area contributed by atoms with Gasteiger partial charge in [-0.1, -0.05) is 35.9 Å². The molecule has 0 unspecified atom stereocenters. The summed E-state index contributed by atoms with van der Waals surface area (Å²) in [5, 5.41) is 16.4. The standard InChI is InChI=1S/C23H17ClN6O/c24-16-6-5-8-18(12-16)30-23-19(13-28-30)22(26-15-27-23)29(14-17-7-3-4-11-25-17)20-9-1-2-10-21(20)31/h1-13,15,31H,14H2. The average Bonchev–Trinajstić information content (AvgIpc) is 3.23. The van der Waals surface area contributed by atoms with Gasteiger partial charge in [0.15, 0.2) is 5.65 Å². The van der Waals surface area contributed by atoms with E-state index in [-0.39, 0.29) is 5.75 Å². The van der Waals surface area contributed by atoms with Gasteiger partial charge in [0.1, 0.15) is 17.9 Å². The Morgan fingerprint density at radius 3 is 2.61 bits per heavy atom. The molecule has 0 amide bonds. The number of hydrogen-bond donors (Lipinski definition) is 1. The maximum absolute atomic E-state index is 10.6. The lowest BCUT2D eigenvalue weighted by molar-refractivity contribution is 0.475. The predicted molar refractivity (Wildman–Crippen MR) is 120 cm³/mol. The van der Waals surface area contributed by atoms with Crippen molar-refractivity contribution in [3.05, 3.63) is 96.2 Å². The van der Waals surface area contributed by atoms with Crippen LogP contribution in [0.25, 0.3) is 16.7 Å². The summed E-state index contributed by atoms with van der Waals surface area (Å²) in [6, 6.07) is 20.3. The van der Waals surface area contributed by atoms with Crippen LogP contribution in [0.2, 0.25) is 5.02 Å². The van der Waals surface area contributed by atoms with Crippen LogP contribution < -0.4 is 4.90 Å². The minimum atomic E-state index is 0.146. The molecule has 0 saturated heterocycles. The first-order valence-electron chi connectivity index (χ1n) is 9.61. The fraction of sp³-hybridized carbons (Fsp3) is 0.0435. The van der Waals surface area contributed by atoms with Gasteiger partial charge in [-0.2, -0.15) is 5.10 Å². The lowest BCUT2D eigenvalue weighted by Gasteiger charge is -2.24. The number of aromatic nitrogens is 5. The number of pyridine rings is 1. The first kappa shape index (κ1) is 19.0. The zero-order valence-corrected chi connectivity index (χ0v) is 17.1. The van der Waals surface area contributed by atoms with Crippen LogP contribution in [0.5, 0.6) is 5.75 Å². The van der Waals surface area contributed by atoms with Gasteiger partial charge in [0.05, 0.1) is 35.2 Å². The number of halogens is 1. The van der Waals surface area contributed by atoms with Crippen LogP contribution in [0.1, 0.15) is 5.69 Å². The molecule has 0 bridgehead atoms. The summed E-state index contributed by atoms with van der Waals surface area (Å²) >= 11 is 6.17. The fourth-order valence-corrected chi connectivity index (χ4v) is 3.65. The van der Waals surface area contributed by atoms with E-state index in [1.807, 2.05) is 59.5 Å². The Hall–Kier alpha value is -3.97. The maximum atomic E-state index is 10.6. The molecule has 0 saturated carbocycles. The molecule has 0 spiro atoms. The molecule has 0 aliphatic carbocycles. The molecule has 152 valence electrons. The second kappa shape index (κ2) is 8.04. The Labute approximate surface area is 183 Å². The average molecular weight is 429 g/mol. The fourth-order valence-electron chi connectivity index (χ4n) is 3.46. The minimum absolute atomic E-state index is 0.146. The third-order valence-corrected chi connectivity index (χ3v) is 5.11. The molecule has 2 aromatic carbocycles. The second-order valence-electron chi connectivity index (χ2n) is 6.87. The predicted octanol–water partition coefficient (Wildman–Crippen LogP) is 4.91. The number of hydrogen-bond acceptors (Lipinski definition) is 6. The number of fused-ring (bicyclic) bond motifs is 1. The highest BCUT2D eigenvalue weighted by Gasteiger charge is 2.20. The normalized spacial score (nSPS) is 11.0. The van der Waals surface area contributed by atoms with E-state index in [4.69, 9.17) is 11.6 Å². The highest BCUT2D eigenvalue weighted by atomic mass is 35.5. The number of rotatable bonds is 5. The third-order valence-electron chi connectivity index (χ3n) is 4.87. The van der Waals surface area contributed by atoms with Gasteiger partial charge in [0.2, 0.25) is 0 Å². The van der Waals surface area contributed by atoms with Crippen molar-refractivity contribution in [3.8, 4) is 11.4 Å². The van der Waals surface area contributed by atoms with Crippen molar-refractivity contribution in [1.29, 1.82) is 0 Å². The molecule has 8 heteroatoms. The molecular formula is C23H17ClN6O. The first-order valence-corrected chi connectivity index (χ1v) is 9.98. The van der Waals surface area contributed by atoms with Crippen LogP contribution in [0.15, 0.2) is 85.5 Å². The topological polar surface area (TPSA) is 80.0 Å². The molecule has 0 atom stereocenters. The van der Waals surface area contributed by atoms with Crippen LogP contribution in [-0.4, -0.2) is 29.8 Å². The van der Waals surface area contributed by atoms with Crippen LogP contribution >= 0.6 is 11.6 Å². The van der Waals surface area contributed by atoms with E-state index in [9.17, 15) is 5.11 Å². The maximum Gasteiger partial charge on any atom is 0.168 e. The molecular weight excluding hydrogens is 412 g/mol. The molecule has 0 fully saturated rings. The zero-order chi connectivity index (χ0) is 21.2. The van der Waals surface area contributed by atoms with Crippen LogP contribution in [0.4, 0.5) is 11.5 Å². The number of benzene rings is 2. The van der Waals surface area contributed by atoms with E-state index in [1.54, 1.807) is 29.2 Å². The van der Waals surface area contributed by atoms with E-state index in [1.165, 1.54) is 6.33 Å². The van der Waals surface area contributed by atoms with Gasteiger partial charge < -0.3 is 10.0 Å². The van der Waals surface area contributed by atoms with Crippen molar-refractivity contribution < 1.29 is 5.11 Å². The summed E-state index contributed by atoms with van der Waals surface area (Å²) < 4.78 is 1.72. The molecule has 0 aliphatic rings. The minimum Gasteiger partial charge on any atom is -0.506 e. The molecule has 0 aliphatic heterocycles. The van der Waals surface area contributed by atoms with Gasteiger partial charge in [-0.05, 0) is 42.5 Å². The molecule has 5 aromatic rings.